The SMILES string of the molecule is COc1cccc2c1ccn2CCNC(=O)c1nn(C)c2ccccc12. The van der Waals surface area contributed by atoms with Crippen molar-refractivity contribution >= 4 is 27.7 Å². The van der Waals surface area contributed by atoms with Crippen LogP contribution < -0.4 is 10.1 Å². The lowest BCUT2D eigenvalue weighted by molar-refractivity contribution is 0.0948. The predicted octanol–water partition coefficient (Wildman–Crippen LogP) is 2.97. The minimum atomic E-state index is -0.157. The fourth-order valence-electron chi connectivity index (χ4n) is 3.32. The Balaban J connectivity index is 1.49. The van der Waals surface area contributed by atoms with Gasteiger partial charge in [0.05, 0.1) is 18.1 Å². The molecular weight excluding hydrogens is 328 g/mol. The van der Waals surface area contributed by atoms with Crippen LogP contribution in [0.1, 0.15) is 10.5 Å². The van der Waals surface area contributed by atoms with Gasteiger partial charge in [0.1, 0.15) is 5.75 Å². The van der Waals surface area contributed by atoms with E-state index in [1.807, 2.05) is 61.8 Å². The van der Waals surface area contributed by atoms with Gasteiger partial charge in [0.2, 0.25) is 0 Å². The Bertz CT molecular complexity index is 1090. The molecule has 0 aliphatic rings. The molecule has 0 fully saturated rings. The van der Waals surface area contributed by atoms with Gasteiger partial charge in [0.15, 0.2) is 5.69 Å². The highest BCUT2D eigenvalue weighted by Gasteiger charge is 2.15. The Hall–Kier alpha value is -3.28. The monoisotopic (exact) mass is 348 g/mol. The number of fused-ring (bicyclic) bond motifs is 2. The Morgan fingerprint density at radius 1 is 1.08 bits per heavy atom. The van der Waals surface area contributed by atoms with Crippen LogP contribution in [0.25, 0.3) is 21.8 Å². The van der Waals surface area contributed by atoms with Gasteiger partial charge in [0.25, 0.3) is 5.91 Å². The second-order valence-corrected chi connectivity index (χ2v) is 6.15. The number of carbonyl (C=O) groups is 1. The van der Waals surface area contributed by atoms with Gasteiger partial charge >= 0.3 is 0 Å². The largest absolute Gasteiger partial charge is 0.496 e. The Labute approximate surface area is 151 Å². The van der Waals surface area contributed by atoms with E-state index in [1.165, 1.54) is 0 Å². The van der Waals surface area contributed by atoms with E-state index in [0.29, 0.717) is 18.8 Å². The lowest BCUT2D eigenvalue weighted by Crippen LogP contribution is -2.27. The van der Waals surface area contributed by atoms with Crippen molar-refractivity contribution in [2.75, 3.05) is 13.7 Å². The third-order valence-corrected chi connectivity index (χ3v) is 4.60. The van der Waals surface area contributed by atoms with E-state index < -0.39 is 0 Å². The number of aromatic nitrogens is 3. The lowest BCUT2D eigenvalue weighted by atomic mass is 10.2. The van der Waals surface area contributed by atoms with E-state index in [9.17, 15) is 4.79 Å². The van der Waals surface area contributed by atoms with Gasteiger partial charge in [-0.15, -0.1) is 0 Å². The van der Waals surface area contributed by atoms with Gasteiger partial charge in [-0.05, 0) is 24.3 Å². The molecule has 0 aliphatic carbocycles. The van der Waals surface area contributed by atoms with Crippen LogP contribution in [0.15, 0.2) is 54.7 Å². The maximum absolute atomic E-state index is 12.5. The number of nitrogens with one attached hydrogen (secondary N) is 1. The first-order valence-corrected chi connectivity index (χ1v) is 8.51. The van der Waals surface area contributed by atoms with Crippen molar-refractivity contribution < 1.29 is 9.53 Å². The molecule has 2 heterocycles. The highest BCUT2D eigenvalue weighted by molar-refractivity contribution is 6.04. The van der Waals surface area contributed by atoms with E-state index in [0.717, 1.165) is 27.6 Å². The summed E-state index contributed by atoms with van der Waals surface area (Å²) in [5.74, 6) is 0.695. The number of rotatable bonds is 5. The summed E-state index contributed by atoms with van der Waals surface area (Å²) in [5.41, 5.74) is 2.49. The summed E-state index contributed by atoms with van der Waals surface area (Å²) < 4.78 is 9.23. The zero-order valence-electron chi connectivity index (χ0n) is 14.8. The number of carbonyl (C=O) groups excluding carboxylic acids is 1. The van der Waals surface area contributed by atoms with Gasteiger partial charge in [-0.3, -0.25) is 9.48 Å². The van der Waals surface area contributed by atoms with Gasteiger partial charge in [-0.25, -0.2) is 0 Å². The maximum atomic E-state index is 12.5. The van der Waals surface area contributed by atoms with Crippen molar-refractivity contribution in [3.63, 3.8) is 0 Å². The van der Waals surface area contributed by atoms with Crippen LogP contribution in [-0.4, -0.2) is 33.9 Å². The van der Waals surface area contributed by atoms with Gasteiger partial charge < -0.3 is 14.6 Å². The zero-order valence-corrected chi connectivity index (χ0v) is 14.8. The molecule has 2 aromatic carbocycles. The number of para-hydroxylation sites is 1. The second kappa shape index (κ2) is 6.55. The molecule has 4 aromatic rings. The molecule has 6 heteroatoms. The van der Waals surface area contributed by atoms with Crippen LogP contribution in [0.2, 0.25) is 0 Å². The maximum Gasteiger partial charge on any atom is 0.272 e. The molecule has 2 aromatic heterocycles. The average molecular weight is 348 g/mol. The van der Waals surface area contributed by atoms with Crippen molar-refractivity contribution in [1.82, 2.24) is 19.7 Å². The summed E-state index contributed by atoms with van der Waals surface area (Å²) in [6.45, 7) is 1.19. The van der Waals surface area contributed by atoms with Crippen LogP contribution in [0, 0.1) is 0 Å². The van der Waals surface area contributed by atoms with Crippen LogP contribution in [-0.2, 0) is 13.6 Å². The molecule has 0 bridgehead atoms. The lowest BCUT2D eigenvalue weighted by Gasteiger charge is -2.08. The molecule has 4 rings (SSSR count). The highest BCUT2D eigenvalue weighted by Crippen LogP contribution is 2.26. The Morgan fingerprint density at radius 3 is 2.73 bits per heavy atom. The van der Waals surface area contributed by atoms with Crippen molar-refractivity contribution in [2.45, 2.75) is 6.54 Å². The molecule has 132 valence electrons. The third-order valence-electron chi connectivity index (χ3n) is 4.60. The first kappa shape index (κ1) is 16.2. The molecule has 0 saturated heterocycles. The van der Waals surface area contributed by atoms with E-state index in [-0.39, 0.29) is 5.91 Å². The standard InChI is InChI=1S/C20H20N4O2/c1-23-16-7-4-3-6-15(16)19(22-23)20(25)21-11-13-24-12-10-14-17(24)8-5-9-18(14)26-2/h3-10,12H,11,13H2,1-2H3,(H,21,25). The Kier molecular flexibility index (Phi) is 4.08. The number of benzene rings is 2. The normalized spacial score (nSPS) is 11.2. The molecule has 0 unspecified atom stereocenters. The second-order valence-electron chi connectivity index (χ2n) is 6.15. The van der Waals surface area contributed by atoms with E-state index in [4.69, 9.17) is 4.74 Å². The number of nitrogens with zero attached hydrogens (tertiary/aromatic N) is 3. The molecule has 26 heavy (non-hydrogen) atoms. The van der Waals surface area contributed by atoms with Gasteiger partial charge in [-0.2, -0.15) is 5.10 Å². The topological polar surface area (TPSA) is 61.1 Å². The molecule has 0 spiro atoms. The van der Waals surface area contributed by atoms with Crippen LogP contribution in [0.5, 0.6) is 5.75 Å². The van der Waals surface area contributed by atoms with Crippen molar-refractivity contribution in [3.8, 4) is 5.75 Å². The summed E-state index contributed by atoms with van der Waals surface area (Å²) >= 11 is 0. The van der Waals surface area contributed by atoms with Crippen LogP contribution in [0.4, 0.5) is 0 Å². The fraction of sp³-hybridized carbons (Fsp3) is 0.200. The molecule has 6 nitrogen and oxygen atoms in total. The quantitative estimate of drug-likeness (QED) is 0.603. The number of methoxy groups -OCH3 is 1. The first-order valence-electron chi connectivity index (χ1n) is 8.51. The molecule has 0 saturated carbocycles. The predicted molar refractivity (Wildman–Crippen MR) is 102 cm³/mol. The van der Waals surface area contributed by atoms with Gasteiger partial charge in [-0.1, -0.05) is 24.3 Å². The average Bonchev–Trinajstić information content (AvgIpc) is 3.23. The molecule has 0 aliphatic heterocycles. The summed E-state index contributed by atoms with van der Waals surface area (Å²) in [4.78, 5) is 12.5. The molecule has 1 N–H and O–H groups in total. The third kappa shape index (κ3) is 2.69. The van der Waals surface area contributed by atoms with Crippen molar-refractivity contribution in [3.05, 3.63) is 60.4 Å². The van der Waals surface area contributed by atoms with Crippen LogP contribution >= 0.6 is 0 Å². The number of hydrogen-bond acceptors (Lipinski definition) is 3. The molecule has 1 amide bonds. The minimum absolute atomic E-state index is 0.157. The summed E-state index contributed by atoms with van der Waals surface area (Å²) in [6, 6.07) is 15.7. The van der Waals surface area contributed by atoms with Gasteiger partial charge in [0, 0.05) is 37.1 Å². The van der Waals surface area contributed by atoms with E-state index in [2.05, 4.69) is 15.0 Å². The minimum Gasteiger partial charge on any atom is -0.496 e. The van der Waals surface area contributed by atoms with E-state index in [1.54, 1.807) is 11.8 Å². The van der Waals surface area contributed by atoms with Crippen molar-refractivity contribution in [2.24, 2.45) is 7.05 Å². The molecule has 0 radical (unpaired) electrons. The number of ether oxygens (including phenoxy) is 1. The van der Waals surface area contributed by atoms with Crippen molar-refractivity contribution in [1.29, 1.82) is 0 Å². The fourth-order valence-corrected chi connectivity index (χ4v) is 3.32. The summed E-state index contributed by atoms with van der Waals surface area (Å²) in [5, 5.41) is 9.26. The smallest absolute Gasteiger partial charge is 0.272 e. The first-order chi connectivity index (χ1) is 12.7. The Morgan fingerprint density at radius 2 is 1.88 bits per heavy atom. The molecule has 0 atom stereocenters. The number of aryl methyl sites for hydroxylation is 1. The summed E-state index contributed by atoms with van der Waals surface area (Å²) in [7, 11) is 3.52. The number of amides is 1. The zero-order chi connectivity index (χ0) is 18.1. The molecular formula is C20H20N4O2. The number of hydrogen-bond donors (Lipinski definition) is 1. The van der Waals surface area contributed by atoms with E-state index >= 15 is 0 Å². The highest BCUT2D eigenvalue weighted by atomic mass is 16.5. The van der Waals surface area contributed by atoms with Crippen LogP contribution in [0.3, 0.4) is 0 Å². The summed E-state index contributed by atoms with van der Waals surface area (Å²) in [6.07, 6.45) is 2.01.